The van der Waals surface area contributed by atoms with Crippen molar-refractivity contribution in [3.8, 4) is 5.75 Å². The van der Waals surface area contributed by atoms with Gasteiger partial charge in [0.15, 0.2) is 6.04 Å². The van der Waals surface area contributed by atoms with Gasteiger partial charge in [-0.3, -0.25) is 29.1 Å². The Hall–Kier alpha value is -1.13. The molecule has 1 aromatic heterocycles. The molecule has 0 saturated heterocycles. The normalized spacial score (nSPS) is 17.0. The number of fused-ring (bicyclic) bond motifs is 1. The number of benzene rings is 2. The van der Waals surface area contributed by atoms with E-state index < -0.39 is 74.8 Å². The van der Waals surface area contributed by atoms with Gasteiger partial charge in [-0.2, -0.15) is 0 Å². The summed E-state index contributed by atoms with van der Waals surface area (Å²) in [6.07, 6.45) is 5.94. The molecule has 5 N–H and O–H groups in total. The number of carbonyl (C=O) groups is 2. The Morgan fingerprint density at radius 1 is 0.950 bits per heavy atom. The summed E-state index contributed by atoms with van der Waals surface area (Å²) in [5.74, 6) is -3.57. The molecule has 15 nitrogen and oxygen atoms in total. The number of nitrogens with zero attached hydrogens (tertiary/aromatic N) is 3. The molecular formula is C42H58K2N5O10P. The van der Waals surface area contributed by atoms with Crippen molar-refractivity contribution in [2.45, 2.75) is 110 Å². The molecule has 0 aliphatic heterocycles. The average Bonchev–Trinajstić information content (AvgIpc) is 3.21. The van der Waals surface area contributed by atoms with Gasteiger partial charge >= 0.3 is 111 Å². The second kappa shape index (κ2) is 27.9. The van der Waals surface area contributed by atoms with Crippen molar-refractivity contribution < 1.29 is 151 Å². The van der Waals surface area contributed by atoms with Crippen molar-refractivity contribution in [1.82, 2.24) is 15.6 Å². The molecule has 1 aliphatic rings. The van der Waals surface area contributed by atoms with E-state index in [9.17, 15) is 39.3 Å². The van der Waals surface area contributed by atoms with Gasteiger partial charge in [-0.15, -0.1) is 0 Å². The van der Waals surface area contributed by atoms with Crippen LogP contribution in [0, 0.1) is 23.7 Å². The first-order valence-electron chi connectivity index (χ1n) is 20.1. The summed E-state index contributed by atoms with van der Waals surface area (Å²) in [6.45, 7) is 6.06. The molecule has 18 heteroatoms. The Kier molecular flexibility index (Phi) is 25.6. The molecule has 1 heterocycles. The van der Waals surface area contributed by atoms with Crippen LogP contribution in [0.15, 0.2) is 76.8 Å². The quantitative estimate of drug-likeness (QED) is 0.0315. The van der Waals surface area contributed by atoms with E-state index in [1.54, 1.807) is 30.5 Å². The summed E-state index contributed by atoms with van der Waals surface area (Å²) in [5.41, 5.74) is 0.654. The summed E-state index contributed by atoms with van der Waals surface area (Å²) in [4.78, 5) is 58.7. The van der Waals surface area contributed by atoms with Crippen molar-refractivity contribution in [2.24, 2.45) is 33.7 Å². The predicted molar refractivity (Wildman–Crippen MR) is 217 cm³/mol. The molecule has 1 fully saturated rings. The summed E-state index contributed by atoms with van der Waals surface area (Å²) in [5, 5.41) is 46.1. The van der Waals surface area contributed by atoms with Crippen molar-refractivity contribution in [2.75, 3.05) is 13.2 Å². The molecule has 4 rings (SSSR count). The number of carbonyl (C=O) groups excluding carboxylic acids is 2. The van der Waals surface area contributed by atoms with E-state index in [4.69, 9.17) is 4.74 Å². The Labute approximate surface area is 438 Å². The molecule has 0 bridgehead atoms. The van der Waals surface area contributed by atoms with Gasteiger partial charge in [0.1, 0.15) is 18.4 Å². The van der Waals surface area contributed by atoms with E-state index in [-0.39, 0.29) is 133 Å². The van der Waals surface area contributed by atoms with E-state index in [1.165, 1.54) is 0 Å². The zero-order valence-electron chi connectivity index (χ0n) is 35.7. The molecule has 0 radical (unpaired) electrons. The second-order valence-corrected chi connectivity index (χ2v) is 16.7. The molecule has 1 aliphatic carbocycles. The van der Waals surface area contributed by atoms with Gasteiger partial charge < -0.3 is 40.5 Å². The number of phosphoric ester groups is 1. The summed E-state index contributed by atoms with van der Waals surface area (Å²) < 4.78 is 22.1. The molecule has 0 spiro atoms. The van der Waals surface area contributed by atoms with Crippen LogP contribution in [0.2, 0.25) is 0 Å². The number of aliphatic hydroxyl groups excluding tert-OH is 1. The molecule has 0 unspecified atom stereocenters. The van der Waals surface area contributed by atoms with Crippen LogP contribution in [0.5, 0.6) is 5.75 Å². The van der Waals surface area contributed by atoms with Crippen LogP contribution in [-0.2, 0) is 25.2 Å². The van der Waals surface area contributed by atoms with Crippen LogP contribution in [0.25, 0.3) is 10.8 Å². The third-order valence-electron chi connectivity index (χ3n) is 10.7. The first kappa shape index (κ1) is 55.0. The summed E-state index contributed by atoms with van der Waals surface area (Å²) in [7, 11) is -5.08. The SMILES string of the molecule is CC[C@H](C)[C@H](N=C([O-])[C@@H](C[C@H](O)[C@H](CC1CCCCC1)NC(=O)[C@H](COP(=O)(O)O)N=C([O-])COc1cccc2ccccc12)C(C)C)C(=O)NCc1ccccn1.[K+].[K+]. The first-order chi connectivity index (χ1) is 27.6. The Balaban J connectivity index is 0.00000620. The molecule has 3 aromatic rings. The van der Waals surface area contributed by atoms with Crippen LogP contribution >= 0.6 is 7.82 Å². The van der Waals surface area contributed by atoms with E-state index in [1.807, 2.05) is 64.1 Å². The van der Waals surface area contributed by atoms with Crippen molar-refractivity contribution >= 4 is 42.2 Å². The largest absolute Gasteiger partial charge is 1.00 e. The fourth-order valence-electron chi connectivity index (χ4n) is 7.15. The first-order valence-corrected chi connectivity index (χ1v) is 21.6. The van der Waals surface area contributed by atoms with Gasteiger partial charge in [-0.05, 0) is 71.9 Å². The maximum absolute atomic E-state index is 13.9. The number of nitrogens with one attached hydrogen (secondary N) is 2. The summed E-state index contributed by atoms with van der Waals surface area (Å²) in [6, 6.07) is 14.5. The van der Waals surface area contributed by atoms with E-state index in [0.29, 0.717) is 24.3 Å². The van der Waals surface area contributed by atoms with Crippen LogP contribution in [0.4, 0.5) is 0 Å². The zero-order valence-corrected chi connectivity index (χ0v) is 42.9. The van der Waals surface area contributed by atoms with E-state index in [2.05, 4.69) is 30.1 Å². The number of rotatable bonds is 22. The van der Waals surface area contributed by atoms with Crippen LogP contribution in [0.3, 0.4) is 0 Å². The van der Waals surface area contributed by atoms with Gasteiger partial charge in [0.25, 0.3) is 0 Å². The minimum atomic E-state index is -5.08. The van der Waals surface area contributed by atoms with E-state index >= 15 is 0 Å². The topological polar surface area (TPSA) is 238 Å². The van der Waals surface area contributed by atoms with Gasteiger partial charge in [0, 0.05) is 11.6 Å². The molecule has 318 valence electrons. The van der Waals surface area contributed by atoms with Crippen LogP contribution in [-0.4, -0.2) is 80.9 Å². The Bertz CT molecular complexity index is 1870. The second-order valence-electron chi connectivity index (χ2n) is 15.4. The minimum Gasteiger partial charge on any atom is -0.862 e. The predicted octanol–water partition coefficient (Wildman–Crippen LogP) is -2.17. The Morgan fingerprint density at radius 2 is 1.63 bits per heavy atom. The van der Waals surface area contributed by atoms with Gasteiger partial charge in [0.2, 0.25) is 11.8 Å². The molecular weight excluding hydrogens is 844 g/mol. The molecule has 2 aromatic carbocycles. The zero-order chi connectivity index (χ0) is 42.2. The van der Waals surface area contributed by atoms with Crippen molar-refractivity contribution in [3.63, 3.8) is 0 Å². The molecule has 2 amide bonds. The molecule has 60 heavy (non-hydrogen) atoms. The number of aliphatic hydroxyl groups is 1. The number of hydrogen-bond donors (Lipinski definition) is 5. The number of phosphoric acid groups is 1. The number of amides is 2. The third-order valence-corrected chi connectivity index (χ3v) is 11.2. The van der Waals surface area contributed by atoms with Gasteiger partial charge in [-0.1, -0.05) is 109 Å². The smallest absolute Gasteiger partial charge is 0.862 e. The monoisotopic (exact) mass is 901 g/mol. The molecule has 1 saturated carbocycles. The maximum Gasteiger partial charge on any atom is 1.00 e. The summed E-state index contributed by atoms with van der Waals surface area (Å²) >= 11 is 0. The van der Waals surface area contributed by atoms with E-state index in [0.717, 1.165) is 42.9 Å². The van der Waals surface area contributed by atoms with Crippen molar-refractivity contribution in [1.29, 1.82) is 0 Å². The standard InChI is InChI=1S/C42H60N5O10P.2K/c1-5-28(4)39(42(52)44-24-31-18-11-12-21-43-31)47-40(50)33(27(2)3)23-36(48)34(22-29-14-7-6-8-15-29)46-41(51)35(25-57-58(53,54)55)45-38(49)26-56-37-20-13-17-30-16-9-10-19-32(30)37;;/h9-13,16-21,27-29,33-36,39,48H,5-8,14-15,22-26H2,1-4H3,(H,44,52)(H,45,49)(H,46,51)(H,47,50)(H2,53,54,55);;/q;2*+1/p-2/t28-,33-,34-,35-,36-,39-;;/m0../s1. The van der Waals surface area contributed by atoms with Gasteiger partial charge in [0.05, 0.1) is 31.0 Å². The van der Waals surface area contributed by atoms with Crippen LogP contribution in [0.1, 0.15) is 84.8 Å². The minimum absolute atomic E-state index is 0. The fourth-order valence-corrected chi connectivity index (χ4v) is 7.49. The molecule has 6 atom stereocenters. The Morgan fingerprint density at radius 3 is 2.28 bits per heavy atom. The third kappa shape index (κ3) is 18.5. The number of aromatic nitrogens is 1. The van der Waals surface area contributed by atoms with Crippen LogP contribution < -0.4 is 128 Å². The number of hydrogen-bond acceptors (Lipinski definition) is 11. The van der Waals surface area contributed by atoms with Gasteiger partial charge in [-0.25, -0.2) is 4.57 Å². The number of ether oxygens (including phenoxy) is 1. The number of aliphatic imine (C=N–C) groups is 2. The van der Waals surface area contributed by atoms with Crippen molar-refractivity contribution in [3.05, 3.63) is 72.6 Å². The number of pyridine rings is 1. The average molecular weight is 902 g/mol. The maximum atomic E-state index is 13.9. The fraction of sp³-hybridized carbons (Fsp3) is 0.548.